The molecule has 0 unspecified atom stereocenters. The molecule has 0 N–H and O–H groups in total. The molecule has 0 amide bonds. The fourth-order valence-corrected chi connectivity index (χ4v) is 1.97. The molecule has 0 radical (unpaired) electrons. The van der Waals surface area contributed by atoms with E-state index in [1.54, 1.807) is 7.11 Å². The zero-order valence-corrected chi connectivity index (χ0v) is 9.59. The summed E-state index contributed by atoms with van der Waals surface area (Å²) < 4.78 is 5.04. The normalized spacial score (nSPS) is 12.7. The van der Waals surface area contributed by atoms with Gasteiger partial charge in [-0.15, -0.1) is 0 Å². The molecule has 0 saturated carbocycles. The highest BCUT2D eigenvalue weighted by molar-refractivity contribution is 7.99. The van der Waals surface area contributed by atoms with Gasteiger partial charge in [-0.2, -0.15) is 11.8 Å². The van der Waals surface area contributed by atoms with Gasteiger partial charge in [-0.05, 0) is 18.6 Å². The van der Waals surface area contributed by atoms with Crippen molar-refractivity contribution in [3.8, 4) is 0 Å². The highest BCUT2D eigenvalue weighted by atomic mass is 32.2. The molecule has 2 nitrogen and oxygen atoms in total. The van der Waals surface area contributed by atoms with Crippen molar-refractivity contribution >= 4 is 11.8 Å². The minimum atomic E-state index is 0.636. The van der Waals surface area contributed by atoms with Gasteiger partial charge in [0.05, 0.1) is 5.69 Å². The first-order chi connectivity index (χ1) is 6.83. The number of aromatic nitrogens is 1. The average Bonchev–Trinajstić information content (AvgIpc) is 2.25. The van der Waals surface area contributed by atoms with Crippen molar-refractivity contribution in [3.05, 3.63) is 30.1 Å². The highest BCUT2D eigenvalue weighted by Gasteiger charge is 2.02. The van der Waals surface area contributed by atoms with Crippen molar-refractivity contribution in [3.63, 3.8) is 0 Å². The van der Waals surface area contributed by atoms with Crippen molar-refractivity contribution in [2.45, 2.75) is 24.3 Å². The standard InChI is InChI=1S/C11H17NOS/c1-10(6-8-13-2)14-9-11-5-3-4-7-12-11/h3-5,7,10H,6,8-9H2,1-2H3/t10-/m0/s1. The van der Waals surface area contributed by atoms with Crippen molar-refractivity contribution in [1.29, 1.82) is 0 Å². The Morgan fingerprint density at radius 3 is 3.00 bits per heavy atom. The molecule has 0 spiro atoms. The first-order valence-electron chi connectivity index (χ1n) is 4.83. The summed E-state index contributed by atoms with van der Waals surface area (Å²) in [6.45, 7) is 3.07. The molecular weight excluding hydrogens is 194 g/mol. The number of pyridine rings is 1. The van der Waals surface area contributed by atoms with Gasteiger partial charge in [0.2, 0.25) is 0 Å². The van der Waals surface area contributed by atoms with Crippen LogP contribution in [0.1, 0.15) is 19.0 Å². The van der Waals surface area contributed by atoms with Crippen LogP contribution in [0, 0.1) is 0 Å². The first-order valence-corrected chi connectivity index (χ1v) is 5.88. The number of methoxy groups -OCH3 is 1. The van der Waals surface area contributed by atoms with Crippen LogP contribution in [0.4, 0.5) is 0 Å². The van der Waals surface area contributed by atoms with E-state index in [4.69, 9.17) is 4.74 Å². The molecule has 1 atom stereocenters. The number of ether oxygens (including phenoxy) is 1. The first kappa shape index (κ1) is 11.5. The van der Waals surface area contributed by atoms with Gasteiger partial charge in [-0.1, -0.05) is 13.0 Å². The molecule has 78 valence electrons. The smallest absolute Gasteiger partial charge is 0.0502 e. The fraction of sp³-hybridized carbons (Fsp3) is 0.545. The minimum Gasteiger partial charge on any atom is -0.385 e. The Morgan fingerprint density at radius 1 is 1.50 bits per heavy atom. The second-order valence-corrected chi connectivity index (χ2v) is 4.65. The third-order valence-electron chi connectivity index (χ3n) is 1.97. The third kappa shape index (κ3) is 4.63. The Bertz CT molecular complexity index is 240. The largest absolute Gasteiger partial charge is 0.385 e. The van der Waals surface area contributed by atoms with E-state index in [-0.39, 0.29) is 0 Å². The summed E-state index contributed by atoms with van der Waals surface area (Å²) >= 11 is 1.93. The lowest BCUT2D eigenvalue weighted by Gasteiger charge is -2.09. The predicted molar refractivity (Wildman–Crippen MR) is 61.5 cm³/mol. The monoisotopic (exact) mass is 211 g/mol. The zero-order chi connectivity index (χ0) is 10.2. The van der Waals surface area contributed by atoms with E-state index >= 15 is 0 Å². The number of rotatable bonds is 6. The molecule has 1 heterocycles. The van der Waals surface area contributed by atoms with E-state index in [9.17, 15) is 0 Å². The van der Waals surface area contributed by atoms with Gasteiger partial charge in [0, 0.05) is 30.9 Å². The van der Waals surface area contributed by atoms with Gasteiger partial charge >= 0.3 is 0 Å². The van der Waals surface area contributed by atoms with Crippen LogP contribution in [0.3, 0.4) is 0 Å². The van der Waals surface area contributed by atoms with Crippen LogP contribution in [0.15, 0.2) is 24.4 Å². The maximum absolute atomic E-state index is 5.04. The summed E-state index contributed by atoms with van der Waals surface area (Å²) in [4.78, 5) is 4.28. The molecule has 0 aliphatic rings. The molecule has 1 rings (SSSR count). The molecule has 0 fully saturated rings. The molecular formula is C11H17NOS. The van der Waals surface area contributed by atoms with E-state index in [2.05, 4.69) is 18.0 Å². The number of thioether (sulfide) groups is 1. The Balaban J connectivity index is 2.20. The van der Waals surface area contributed by atoms with E-state index < -0.39 is 0 Å². The van der Waals surface area contributed by atoms with Gasteiger partial charge in [0.25, 0.3) is 0 Å². The fourth-order valence-electron chi connectivity index (χ4n) is 1.08. The van der Waals surface area contributed by atoms with Crippen LogP contribution in [-0.2, 0) is 10.5 Å². The molecule has 1 aromatic rings. The van der Waals surface area contributed by atoms with E-state index in [1.165, 1.54) is 0 Å². The Labute approximate surface area is 90.1 Å². The van der Waals surface area contributed by atoms with Crippen LogP contribution in [0.5, 0.6) is 0 Å². The second-order valence-electron chi connectivity index (χ2n) is 3.22. The molecule has 0 bridgehead atoms. The minimum absolute atomic E-state index is 0.636. The van der Waals surface area contributed by atoms with E-state index in [0.29, 0.717) is 5.25 Å². The quantitative estimate of drug-likeness (QED) is 0.722. The molecule has 3 heteroatoms. The van der Waals surface area contributed by atoms with Crippen molar-refractivity contribution in [2.75, 3.05) is 13.7 Å². The number of nitrogens with zero attached hydrogens (tertiary/aromatic N) is 1. The van der Waals surface area contributed by atoms with Crippen molar-refractivity contribution < 1.29 is 4.74 Å². The van der Waals surface area contributed by atoms with Crippen LogP contribution in [0.25, 0.3) is 0 Å². The summed E-state index contributed by atoms with van der Waals surface area (Å²) in [5.41, 5.74) is 1.15. The predicted octanol–water partition coefficient (Wildman–Crippen LogP) is 2.74. The summed E-state index contributed by atoms with van der Waals surface area (Å²) in [5.74, 6) is 0.992. The molecule has 0 aromatic carbocycles. The number of hydrogen-bond donors (Lipinski definition) is 0. The highest BCUT2D eigenvalue weighted by Crippen LogP contribution is 2.18. The Hall–Kier alpha value is -0.540. The van der Waals surface area contributed by atoms with Crippen LogP contribution < -0.4 is 0 Å². The number of hydrogen-bond acceptors (Lipinski definition) is 3. The zero-order valence-electron chi connectivity index (χ0n) is 8.77. The van der Waals surface area contributed by atoms with Crippen molar-refractivity contribution in [1.82, 2.24) is 4.98 Å². The van der Waals surface area contributed by atoms with E-state index in [0.717, 1.165) is 24.5 Å². The average molecular weight is 211 g/mol. The molecule has 0 aliphatic carbocycles. The van der Waals surface area contributed by atoms with Gasteiger partial charge in [0.1, 0.15) is 0 Å². The lowest BCUT2D eigenvalue weighted by molar-refractivity contribution is 0.195. The SMILES string of the molecule is COCC[C@H](C)SCc1ccccn1. The van der Waals surface area contributed by atoms with Crippen LogP contribution in [0.2, 0.25) is 0 Å². The molecule has 0 saturated heterocycles. The summed E-state index contributed by atoms with van der Waals surface area (Å²) in [6.07, 6.45) is 2.95. The summed E-state index contributed by atoms with van der Waals surface area (Å²) in [5, 5.41) is 0.636. The topological polar surface area (TPSA) is 22.1 Å². The van der Waals surface area contributed by atoms with E-state index in [1.807, 2.05) is 30.1 Å². The molecule has 0 aliphatic heterocycles. The van der Waals surface area contributed by atoms with Crippen LogP contribution in [-0.4, -0.2) is 24.0 Å². The third-order valence-corrected chi connectivity index (χ3v) is 3.24. The Kier molecular flexibility index (Phi) is 5.64. The summed E-state index contributed by atoms with van der Waals surface area (Å²) in [6, 6.07) is 6.04. The maximum atomic E-state index is 5.04. The van der Waals surface area contributed by atoms with Gasteiger partial charge < -0.3 is 4.74 Å². The maximum Gasteiger partial charge on any atom is 0.0502 e. The lowest BCUT2D eigenvalue weighted by atomic mass is 10.3. The van der Waals surface area contributed by atoms with Gasteiger partial charge in [0.15, 0.2) is 0 Å². The van der Waals surface area contributed by atoms with Gasteiger partial charge in [-0.3, -0.25) is 4.98 Å². The Morgan fingerprint density at radius 2 is 2.36 bits per heavy atom. The second kappa shape index (κ2) is 6.85. The van der Waals surface area contributed by atoms with Crippen molar-refractivity contribution in [2.24, 2.45) is 0 Å². The molecule has 14 heavy (non-hydrogen) atoms. The van der Waals surface area contributed by atoms with Gasteiger partial charge in [-0.25, -0.2) is 0 Å². The lowest BCUT2D eigenvalue weighted by Crippen LogP contribution is -2.02. The summed E-state index contributed by atoms with van der Waals surface area (Å²) in [7, 11) is 1.75. The van der Waals surface area contributed by atoms with Crippen LogP contribution >= 0.6 is 11.8 Å². The molecule has 1 aromatic heterocycles.